The first kappa shape index (κ1) is 17.9. The SMILES string of the molecule is C=CCN(Cc1ccccc1C)C(=O)C(C)Cn1nc(C)nc1C. The summed E-state index contributed by atoms with van der Waals surface area (Å²) in [5.41, 5.74) is 2.35. The number of hydrogen-bond donors (Lipinski definition) is 0. The zero-order valence-electron chi connectivity index (χ0n) is 15.0. The minimum absolute atomic E-state index is 0.103. The molecule has 24 heavy (non-hydrogen) atoms. The molecule has 5 heteroatoms. The highest BCUT2D eigenvalue weighted by Crippen LogP contribution is 2.14. The lowest BCUT2D eigenvalue weighted by Gasteiger charge is -2.25. The lowest BCUT2D eigenvalue weighted by Crippen LogP contribution is -2.36. The van der Waals surface area contributed by atoms with Crippen LogP contribution in [0.1, 0.15) is 29.7 Å². The van der Waals surface area contributed by atoms with E-state index in [0.29, 0.717) is 19.6 Å². The number of carbonyl (C=O) groups is 1. The maximum Gasteiger partial charge on any atom is 0.227 e. The van der Waals surface area contributed by atoms with Crippen LogP contribution in [-0.4, -0.2) is 32.1 Å². The number of benzene rings is 1. The molecule has 1 heterocycles. The Balaban J connectivity index is 2.11. The van der Waals surface area contributed by atoms with Crippen molar-refractivity contribution in [3.8, 4) is 0 Å². The van der Waals surface area contributed by atoms with E-state index in [0.717, 1.165) is 17.2 Å². The lowest BCUT2D eigenvalue weighted by molar-refractivity contribution is -0.135. The molecule has 5 nitrogen and oxygen atoms in total. The van der Waals surface area contributed by atoms with Gasteiger partial charge in [-0.1, -0.05) is 37.3 Å². The maximum absolute atomic E-state index is 12.9. The van der Waals surface area contributed by atoms with Gasteiger partial charge in [-0.15, -0.1) is 6.58 Å². The Morgan fingerprint density at radius 3 is 2.62 bits per heavy atom. The fourth-order valence-corrected chi connectivity index (χ4v) is 2.76. The van der Waals surface area contributed by atoms with E-state index in [4.69, 9.17) is 0 Å². The predicted octanol–water partition coefficient (Wildman–Crippen LogP) is 3.05. The molecule has 0 spiro atoms. The monoisotopic (exact) mass is 326 g/mol. The van der Waals surface area contributed by atoms with E-state index < -0.39 is 0 Å². The Hall–Kier alpha value is -2.43. The van der Waals surface area contributed by atoms with Crippen molar-refractivity contribution in [2.45, 2.75) is 40.8 Å². The van der Waals surface area contributed by atoms with E-state index in [1.165, 1.54) is 5.56 Å². The van der Waals surface area contributed by atoms with Crippen molar-refractivity contribution < 1.29 is 4.79 Å². The number of hydrogen-bond acceptors (Lipinski definition) is 3. The summed E-state index contributed by atoms with van der Waals surface area (Å²) in [6.07, 6.45) is 1.77. The van der Waals surface area contributed by atoms with Crippen LogP contribution >= 0.6 is 0 Å². The third kappa shape index (κ3) is 4.31. The second kappa shape index (κ2) is 7.90. The van der Waals surface area contributed by atoms with Gasteiger partial charge in [0, 0.05) is 13.1 Å². The zero-order valence-corrected chi connectivity index (χ0v) is 15.0. The van der Waals surface area contributed by atoms with Gasteiger partial charge in [0.25, 0.3) is 0 Å². The van der Waals surface area contributed by atoms with Crippen molar-refractivity contribution >= 4 is 5.91 Å². The zero-order chi connectivity index (χ0) is 17.7. The molecule has 0 fully saturated rings. The minimum atomic E-state index is -0.172. The van der Waals surface area contributed by atoms with Crippen molar-refractivity contribution in [1.82, 2.24) is 19.7 Å². The van der Waals surface area contributed by atoms with Crippen LogP contribution in [0.4, 0.5) is 0 Å². The molecule has 2 aromatic rings. The van der Waals surface area contributed by atoms with Gasteiger partial charge in [0.1, 0.15) is 11.6 Å². The summed E-state index contributed by atoms with van der Waals surface area (Å²) in [6, 6.07) is 8.14. The number of nitrogens with zero attached hydrogens (tertiary/aromatic N) is 4. The Labute approximate surface area is 144 Å². The van der Waals surface area contributed by atoms with Crippen LogP contribution < -0.4 is 0 Å². The van der Waals surface area contributed by atoms with Crippen LogP contribution in [0, 0.1) is 26.7 Å². The molecule has 1 aromatic heterocycles. The minimum Gasteiger partial charge on any atom is -0.334 e. The summed E-state index contributed by atoms with van der Waals surface area (Å²) in [6.45, 7) is 13.2. The molecule has 0 aliphatic heterocycles. The molecule has 0 aliphatic rings. The smallest absolute Gasteiger partial charge is 0.227 e. The van der Waals surface area contributed by atoms with E-state index >= 15 is 0 Å². The third-order valence-corrected chi connectivity index (χ3v) is 4.11. The van der Waals surface area contributed by atoms with Gasteiger partial charge in [0.05, 0.1) is 12.5 Å². The molecular formula is C19H26N4O. The number of amides is 1. The molecule has 0 bridgehead atoms. The highest BCUT2D eigenvalue weighted by atomic mass is 16.2. The van der Waals surface area contributed by atoms with Gasteiger partial charge in [0.2, 0.25) is 5.91 Å². The van der Waals surface area contributed by atoms with Gasteiger partial charge in [-0.05, 0) is 31.9 Å². The molecule has 2 rings (SSSR count). The van der Waals surface area contributed by atoms with Gasteiger partial charge in [-0.2, -0.15) is 5.10 Å². The molecule has 128 valence electrons. The van der Waals surface area contributed by atoms with Crippen molar-refractivity contribution in [3.05, 3.63) is 59.7 Å². The summed E-state index contributed by atoms with van der Waals surface area (Å²) in [4.78, 5) is 19.0. The first-order valence-corrected chi connectivity index (χ1v) is 8.24. The maximum atomic E-state index is 12.9. The van der Waals surface area contributed by atoms with Crippen LogP contribution in [0.15, 0.2) is 36.9 Å². The van der Waals surface area contributed by atoms with E-state index in [-0.39, 0.29) is 11.8 Å². The van der Waals surface area contributed by atoms with Gasteiger partial charge < -0.3 is 4.90 Å². The normalized spacial score (nSPS) is 12.0. The van der Waals surface area contributed by atoms with Crippen LogP contribution in [0.25, 0.3) is 0 Å². The summed E-state index contributed by atoms with van der Waals surface area (Å²) >= 11 is 0. The summed E-state index contributed by atoms with van der Waals surface area (Å²) in [5.74, 6) is 1.50. The summed E-state index contributed by atoms with van der Waals surface area (Å²) in [7, 11) is 0. The summed E-state index contributed by atoms with van der Waals surface area (Å²) < 4.78 is 1.80. The van der Waals surface area contributed by atoms with Crippen molar-refractivity contribution in [1.29, 1.82) is 0 Å². The fourth-order valence-electron chi connectivity index (χ4n) is 2.76. The van der Waals surface area contributed by atoms with Crippen molar-refractivity contribution in [2.24, 2.45) is 5.92 Å². The average Bonchev–Trinajstić information content (AvgIpc) is 2.85. The van der Waals surface area contributed by atoms with Crippen LogP contribution in [-0.2, 0) is 17.9 Å². The van der Waals surface area contributed by atoms with Crippen LogP contribution in [0.5, 0.6) is 0 Å². The van der Waals surface area contributed by atoms with Gasteiger partial charge in [0.15, 0.2) is 0 Å². The second-order valence-electron chi connectivity index (χ2n) is 6.22. The number of rotatable bonds is 7. The second-order valence-corrected chi connectivity index (χ2v) is 6.22. The molecule has 0 N–H and O–H groups in total. The molecule has 0 saturated heterocycles. The highest BCUT2D eigenvalue weighted by molar-refractivity contribution is 5.78. The molecule has 1 aromatic carbocycles. The Morgan fingerprint density at radius 1 is 1.33 bits per heavy atom. The van der Waals surface area contributed by atoms with Gasteiger partial charge >= 0.3 is 0 Å². The predicted molar refractivity (Wildman–Crippen MR) is 95.5 cm³/mol. The lowest BCUT2D eigenvalue weighted by atomic mass is 10.1. The van der Waals surface area contributed by atoms with E-state index in [9.17, 15) is 4.79 Å². The summed E-state index contributed by atoms with van der Waals surface area (Å²) in [5, 5.41) is 4.35. The third-order valence-electron chi connectivity index (χ3n) is 4.11. The standard InChI is InChI=1S/C19H26N4O/c1-6-11-22(13-18-10-8-7-9-14(18)2)19(24)15(3)12-23-17(5)20-16(4)21-23/h6-10,15H,1,11-13H2,2-5H3. The fraction of sp³-hybridized carbons (Fsp3) is 0.421. The molecule has 0 radical (unpaired) electrons. The Bertz CT molecular complexity index is 720. The first-order valence-electron chi connectivity index (χ1n) is 8.24. The largest absolute Gasteiger partial charge is 0.334 e. The number of carbonyl (C=O) groups excluding carboxylic acids is 1. The van der Waals surface area contributed by atoms with Crippen LogP contribution in [0.3, 0.4) is 0 Å². The first-order chi connectivity index (χ1) is 11.4. The van der Waals surface area contributed by atoms with Crippen LogP contribution in [0.2, 0.25) is 0 Å². The van der Waals surface area contributed by atoms with Crippen molar-refractivity contribution in [3.63, 3.8) is 0 Å². The molecule has 1 unspecified atom stereocenters. The highest BCUT2D eigenvalue weighted by Gasteiger charge is 2.22. The molecule has 0 aliphatic carbocycles. The average molecular weight is 326 g/mol. The van der Waals surface area contributed by atoms with Crippen molar-refractivity contribution in [2.75, 3.05) is 6.54 Å². The number of aromatic nitrogens is 3. The molecule has 1 atom stereocenters. The molecular weight excluding hydrogens is 300 g/mol. The number of aryl methyl sites for hydroxylation is 3. The molecule has 0 saturated carbocycles. The Morgan fingerprint density at radius 2 is 2.04 bits per heavy atom. The quantitative estimate of drug-likeness (QED) is 0.735. The topological polar surface area (TPSA) is 51.0 Å². The van der Waals surface area contributed by atoms with E-state index in [2.05, 4.69) is 35.7 Å². The van der Waals surface area contributed by atoms with E-state index in [1.807, 2.05) is 37.8 Å². The Kier molecular flexibility index (Phi) is 5.90. The van der Waals surface area contributed by atoms with Gasteiger partial charge in [-0.3, -0.25) is 4.79 Å². The van der Waals surface area contributed by atoms with Gasteiger partial charge in [-0.25, -0.2) is 9.67 Å². The molecule has 1 amide bonds. The van der Waals surface area contributed by atoms with E-state index in [1.54, 1.807) is 10.8 Å².